The van der Waals surface area contributed by atoms with Crippen LogP contribution in [0.3, 0.4) is 0 Å². The Morgan fingerprint density at radius 1 is 1.65 bits per heavy atom. The van der Waals surface area contributed by atoms with E-state index in [9.17, 15) is 4.79 Å². The van der Waals surface area contributed by atoms with Crippen molar-refractivity contribution in [2.75, 3.05) is 13.2 Å². The van der Waals surface area contributed by atoms with Crippen LogP contribution in [-0.2, 0) is 4.74 Å². The summed E-state index contributed by atoms with van der Waals surface area (Å²) in [6.45, 7) is 6.21. The Hall–Kier alpha value is -1.48. The van der Waals surface area contributed by atoms with Crippen LogP contribution in [0.1, 0.15) is 18.4 Å². The highest BCUT2D eigenvalue weighted by molar-refractivity contribution is 6.30. The number of rotatable bonds is 5. The molecule has 4 heteroatoms. The number of ether oxygens (including phenoxy) is 1. The molecule has 0 bridgehead atoms. The van der Waals surface area contributed by atoms with Crippen LogP contribution < -0.4 is 5.32 Å². The number of halogens is 1. The summed E-state index contributed by atoms with van der Waals surface area (Å²) in [5, 5.41) is 3.38. The molecule has 1 aromatic rings. The minimum absolute atomic E-state index is 0.185. The second kappa shape index (κ2) is 6.97. The lowest BCUT2D eigenvalue weighted by Crippen LogP contribution is -2.28. The lowest BCUT2D eigenvalue weighted by Gasteiger charge is -2.13. The van der Waals surface area contributed by atoms with Crippen molar-refractivity contribution >= 4 is 17.7 Å². The van der Waals surface area contributed by atoms with Gasteiger partial charge in [0.15, 0.2) is 0 Å². The minimum atomic E-state index is -0.432. The first-order valence-corrected chi connectivity index (χ1v) is 5.78. The van der Waals surface area contributed by atoms with E-state index in [0.717, 1.165) is 5.56 Å². The largest absolute Gasteiger partial charge is 0.445 e. The number of hydrogen-bond donors (Lipinski definition) is 1. The molecule has 1 rings (SSSR count). The zero-order valence-corrected chi connectivity index (χ0v) is 10.5. The van der Waals surface area contributed by atoms with E-state index in [4.69, 9.17) is 16.3 Å². The topological polar surface area (TPSA) is 38.3 Å². The van der Waals surface area contributed by atoms with Gasteiger partial charge in [0.1, 0.15) is 6.61 Å². The molecule has 0 heterocycles. The van der Waals surface area contributed by atoms with Crippen molar-refractivity contribution in [3.8, 4) is 0 Å². The van der Waals surface area contributed by atoms with Gasteiger partial charge in [-0.1, -0.05) is 43.3 Å². The maximum Gasteiger partial charge on any atom is 0.407 e. The number of alkyl carbamates (subject to hydrolysis) is 1. The minimum Gasteiger partial charge on any atom is -0.445 e. The normalized spacial score (nSPS) is 11.6. The summed E-state index contributed by atoms with van der Waals surface area (Å²) in [6.07, 6.45) is 1.10. The average Bonchev–Trinajstić information content (AvgIpc) is 2.33. The smallest absolute Gasteiger partial charge is 0.407 e. The summed E-state index contributed by atoms with van der Waals surface area (Å²) >= 11 is 5.90. The molecule has 0 aliphatic heterocycles. The fraction of sp³-hybridized carbons (Fsp3) is 0.308. The van der Waals surface area contributed by atoms with Gasteiger partial charge in [-0.15, -0.1) is 0 Å². The van der Waals surface area contributed by atoms with Gasteiger partial charge in [0.2, 0.25) is 0 Å². The highest BCUT2D eigenvalue weighted by Gasteiger charge is 2.08. The zero-order chi connectivity index (χ0) is 12.7. The third-order valence-electron chi connectivity index (χ3n) is 2.30. The monoisotopic (exact) mass is 253 g/mol. The second-order valence-electron chi connectivity index (χ2n) is 3.72. The van der Waals surface area contributed by atoms with Gasteiger partial charge in [-0.3, -0.25) is 0 Å². The zero-order valence-electron chi connectivity index (χ0n) is 9.78. The predicted octanol–water partition coefficient (Wildman–Crippen LogP) is 3.36. The maximum absolute atomic E-state index is 11.2. The Kier molecular flexibility index (Phi) is 5.57. The van der Waals surface area contributed by atoms with Gasteiger partial charge >= 0.3 is 6.09 Å². The fourth-order valence-electron chi connectivity index (χ4n) is 1.35. The van der Waals surface area contributed by atoms with Crippen molar-refractivity contribution in [3.05, 3.63) is 47.5 Å². The molecule has 0 fully saturated rings. The van der Waals surface area contributed by atoms with Gasteiger partial charge in [-0.05, 0) is 23.6 Å². The maximum atomic E-state index is 11.2. The molecule has 1 amide bonds. The summed E-state index contributed by atoms with van der Waals surface area (Å²) in [6, 6.07) is 7.59. The van der Waals surface area contributed by atoms with Crippen LogP contribution >= 0.6 is 11.6 Å². The number of hydrogen-bond acceptors (Lipinski definition) is 2. The number of carbonyl (C=O) groups excluding carboxylic acids is 1. The Morgan fingerprint density at radius 3 is 3.06 bits per heavy atom. The van der Waals surface area contributed by atoms with Crippen LogP contribution in [0.4, 0.5) is 4.79 Å². The third kappa shape index (κ3) is 4.91. The molecule has 0 radical (unpaired) electrons. The van der Waals surface area contributed by atoms with Gasteiger partial charge < -0.3 is 10.1 Å². The highest BCUT2D eigenvalue weighted by atomic mass is 35.5. The first-order valence-electron chi connectivity index (χ1n) is 5.40. The molecule has 0 spiro atoms. The molecule has 17 heavy (non-hydrogen) atoms. The first kappa shape index (κ1) is 13.6. The van der Waals surface area contributed by atoms with Crippen LogP contribution in [0.2, 0.25) is 5.02 Å². The van der Waals surface area contributed by atoms with Crippen molar-refractivity contribution < 1.29 is 9.53 Å². The van der Waals surface area contributed by atoms with E-state index in [0.29, 0.717) is 11.6 Å². The van der Waals surface area contributed by atoms with Crippen molar-refractivity contribution in [1.82, 2.24) is 5.32 Å². The molecule has 0 aliphatic carbocycles. The van der Waals surface area contributed by atoms with Crippen LogP contribution in [-0.4, -0.2) is 19.2 Å². The highest BCUT2D eigenvalue weighted by Crippen LogP contribution is 2.18. The predicted molar refractivity (Wildman–Crippen MR) is 69.4 cm³/mol. The van der Waals surface area contributed by atoms with Crippen LogP contribution in [0.25, 0.3) is 0 Å². The van der Waals surface area contributed by atoms with Crippen molar-refractivity contribution in [2.45, 2.75) is 12.8 Å². The Morgan fingerprint density at radius 2 is 2.41 bits per heavy atom. The van der Waals surface area contributed by atoms with E-state index >= 15 is 0 Å². The van der Waals surface area contributed by atoms with Gasteiger partial charge in [-0.2, -0.15) is 0 Å². The van der Waals surface area contributed by atoms with Crippen molar-refractivity contribution in [2.24, 2.45) is 0 Å². The summed E-state index contributed by atoms with van der Waals surface area (Å²) in [5.41, 5.74) is 1.08. The van der Waals surface area contributed by atoms with Crippen LogP contribution in [0.5, 0.6) is 0 Å². The lowest BCUT2D eigenvalue weighted by molar-refractivity contribution is 0.158. The Labute approximate surface area is 106 Å². The van der Waals surface area contributed by atoms with Crippen molar-refractivity contribution in [1.29, 1.82) is 0 Å². The number of benzene rings is 1. The molecule has 1 atom stereocenters. The quantitative estimate of drug-likeness (QED) is 0.818. The summed E-state index contributed by atoms with van der Waals surface area (Å²) in [5.74, 6) is 0.185. The Balaban J connectivity index is 2.41. The van der Waals surface area contributed by atoms with E-state index in [-0.39, 0.29) is 12.5 Å². The molecular weight excluding hydrogens is 238 g/mol. The number of amides is 1. The van der Waals surface area contributed by atoms with Gasteiger partial charge in [0.05, 0.1) is 0 Å². The van der Waals surface area contributed by atoms with E-state index in [2.05, 4.69) is 11.9 Å². The molecule has 0 aliphatic rings. The number of carbonyl (C=O) groups is 1. The molecule has 0 saturated carbocycles. The summed E-state index contributed by atoms with van der Waals surface area (Å²) in [7, 11) is 0. The molecule has 1 N–H and O–H groups in total. The van der Waals surface area contributed by atoms with E-state index in [1.165, 1.54) is 6.08 Å². The Bertz CT molecular complexity index is 393. The average molecular weight is 254 g/mol. The molecule has 3 nitrogen and oxygen atoms in total. The molecule has 92 valence electrons. The lowest BCUT2D eigenvalue weighted by atomic mass is 10.0. The fourth-order valence-corrected chi connectivity index (χ4v) is 1.55. The molecular formula is C13H16ClNO2. The van der Waals surface area contributed by atoms with E-state index < -0.39 is 6.09 Å². The van der Waals surface area contributed by atoms with Crippen LogP contribution in [0.15, 0.2) is 36.9 Å². The first-order chi connectivity index (χ1) is 8.13. The van der Waals surface area contributed by atoms with E-state index in [1.54, 1.807) is 0 Å². The summed E-state index contributed by atoms with van der Waals surface area (Å²) < 4.78 is 4.81. The van der Waals surface area contributed by atoms with Gasteiger partial charge in [0.25, 0.3) is 0 Å². The number of nitrogens with one attached hydrogen (secondary N) is 1. The molecule has 0 unspecified atom stereocenters. The van der Waals surface area contributed by atoms with Gasteiger partial charge in [-0.25, -0.2) is 4.79 Å². The third-order valence-corrected chi connectivity index (χ3v) is 2.54. The standard InChI is InChI=1S/C13H16ClNO2/c1-3-7-17-13(16)15-9-10(2)11-5-4-6-12(14)8-11/h3-6,8,10H,1,7,9H2,2H3,(H,15,16)/t10-/m0/s1. The molecule has 0 saturated heterocycles. The van der Waals surface area contributed by atoms with E-state index in [1.807, 2.05) is 31.2 Å². The van der Waals surface area contributed by atoms with Gasteiger partial charge in [0, 0.05) is 11.6 Å². The molecule has 1 aromatic carbocycles. The second-order valence-corrected chi connectivity index (χ2v) is 4.16. The van der Waals surface area contributed by atoms with Crippen molar-refractivity contribution in [3.63, 3.8) is 0 Å². The van der Waals surface area contributed by atoms with Crippen LogP contribution in [0, 0.1) is 0 Å². The SMILES string of the molecule is C=CCOC(=O)NC[C@H](C)c1cccc(Cl)c1. The molecule has 0 aromatic heterocycles. The summed E-state index contributed by atoms with van der Waals surface area (Å²) in [4.78, 5) is 11.2.